The van der Waals surface area contributed by atoms with Gasteiger partial charge in [-0.05, 0) is 24.8 Å². The summed E-state index contributed by atoms with van der Waals surface area (Å²) in [6.07, 6.45) is 0. The number of nitro benzene ring substituents is 1. The van der Waals surface area contributed by atoms with Crippen molar-refractivity contribution in [2.75, 3.05) is 6.61 Å². The second kappa shape index (κ2) is 6.45. The maximum atomic E-state index is 12.6. The number of alkyl halides is 3. The first-order chi connectivity index (χ1) is 9.71. The van der Waals surface area contributed by atoms with E-state index in [0.717, 1.165) is 12.1 Å². The Morgan fingerprint density at radius 3 is 2.57 bits per heavy atom. The van der Waals surface area contributed by atoms with Crippen LogP contribution in [0.1, 0.15) is 22.8 Å². The fraction of sp³-hybridized carbons (Fsp3) is 0.273. The highest BCUT2D eigenvalue weighted by Gasteiger charge is 2.37. The van der Waals surface area contributed by atoms with Gasteiger partial charge < -0.3 is 4.74 Å². The molecule has 21 heavy (non-hydrogen) atoms. The van der Waals surface area contributed by atoms with Crippen molar-refractivity contribution in [2.24, 2.45) is 0 Å². The Hall–Kier alpha value is -2.28. The summed E-state index contributed by atoms with van der Waals surface area (Å²) in [4.78, 5) is 20.5. The SMILES string of the molecule is CCOC(=O)c1c(C#N)ccc([N+](=O)[O-])c1SC(F)(F)F. The van der Waals surface area contributed by atoms with Crippen LogP contribution in [0.25, 0.3) is 0 Å². The van der Waals surface area contributed by atoms with Crippen LogP contribution in [0.3, 0.4) is 0 Å². The number of esters is 1. The Kier molecular flexibility index (Phi) is 5.15. The lowest BCUT2D eigenvalue weighted by molar-refractivity contribution is -0.387. The summed E-state index contributed by atoms with van der Waals surface area (Å²) < 4.78 is 42.2. The average Bonchev–Trinajstić information content (AvgIpc) is 2.35. The molecule has 6 nitrogen and oxygen atoms in total. The van der Waals surface area contributed by atoms with E-state index in [9.17, 15) is 28.1 Å². The summed E-state index contributed by atoms with van der Waals surface area (Å²) >= 11 is -0.828. The van der Waals surface area contributed by atoms with E-state index in [1.54, 1.807) is 0 Å². The number of nitro groups is 1. The normalized spacial score (nSPS) is 10.8. The lowest BCUT2D eigenvalue weighted by Gasteiger charge is -2.12. The van der Waals surface area contributed by atoms with Crippen molar-refractivity contribution in [1.82, 2.24) is 0 Å². The quantitative estimate of drug-likeness (QED) is 0.366. The summed E-state index contributed by atoms with van der Waals surface area (Å²) in [5, 5.41) is 19.7. The molecule has 112 valence electrons. The van der Waals surface area contributed by atoms with Crippen molar-refractivity contribution in [2.45, 2.75) is 17.3 Å². The van der Waals surface area contributed by atoms with Gasteiger partial charge in [0.25, 0.3) is 5.69 Å². The first-order valence-electron chi connectivity index (χ1n) is 5.35. The lowest BCUT2D eigenvalue weighted by Crippen LogP contribution is -2.12. The van der Waals surface area contributed by atoms with Crippen molar-refractivity contribution >= 4 is 23.4 Å². The number of rotatable bonds is 4. The van der Waals surface area contributed by atoms with Crippen molar-refractivity contribution in [3.63, 3.8) is 0 Å². The van der Waals surface area contributed by atoms with Crippen LogP contribution in [0.5, 0.6) is 0 Å². The van der Waals surface area contributed by atoms with E-state index in [1.165, 1.54) is 13.0 Å². The minimum atomic E-state index is -4.86. The van der Waals surface area contributed by atoms with Gasteiger partial charge in [-0.1, -0.05) is 0 Å². The minimum absolute atomic E-state index is 0.150. The second-order valence-corrected chi connectivity index (χ2v) is 4.55. The van der Waals surface area contributed by atoms with Crippen LogP contribution in [0, 0.1) is 21.4 Å². The van der Waals surface area contributed by atoms with Gasteiger partial charge in [-0.15, -0.1) is 0 Å². The molecule has 0 spiro atoms. The van der Waals surface area contributed by atoms with E-state index in [2.05, 4.69) is 4.74 Å². The molecule has 0 fully saturated rings. The fourth-order valence-electron chi connectivity index (χ4n) is 1.43. The van der Waals surface area contributed by atoms with Crippen molar-refractivity contribution in [3.05, 3.63) is 33.4 Å². The monoisotopic (exact) mass is 320 g/mol. The topological polar surface area (TPSA) is 93.2 Å². The van der Waals surface area contributed by atoms with Gasteiger partial charge in [0.2, 0.25) is 0 Å². The zero-order chi connectivity index (χ0) is 16.2. The molecule has 0 aliphatic carbocycles. The molecule has 0 saturated heterocycles. The number of ether oxygens (including phenoxy) is 1. The summed E-state index contributed by atoms with van der Waals surface area (Å²) in [5.74, 6) is -1.22. The summed E-state index contributed by atoms with van der Waals surface area (Å²) in [5.41, 5.74) is -6.96. The van der Waals surface area contributed by atoms with Crippen LogP contribution in [0.2, 0.25) is 0 Å². The first-order valence-corrected chi connectivity index (χ1v) is 6.17. The van der Waals surface area contributed by atoms with Crippen LogP contribution >= 0.6 is 11.8 Å². The molecule has 0 bridgehead atoms. The fourth-order valence-corrected chi connectivity index (χ4v) is 2.21. The molecule has 0 N–H and O–H groups in total. The number of carbonyl (C=O) groups excluding carboxylic acids is 1. The molecule has 0 unspecified atom stereocenters. The predicted molar refractivity (Wildman–Crippen MR) is 65.7 cm³/mol. The van der Waals surface area contributed by atoms with Crippen molar-refractivity contribution < 1.29 is 27.6 Å². The molecule has 0 atom stereocenters. The number of benzene rings is 1. The smallest absolute Gasteiger partial charge is 0.446 e. The molecule has 1 rings (SSSR count). The molecule has 0 aromatic heterocycles. The van der Waals surface area contributed by atoms with E-state index < -0.39 is 49.9 Å². The third kappa shape index (κ3) is 4.09. The van der Waals surface area contributed by atoms with E-state index >= 15 is 0 Å². The molecule has 1 aromatic carbocycles. The molecule has 0 aliphatic heterocycles. The van der Waals surface area contributed by atoms with Gasteiger partial charge in [0.1, 0.15) is 11.0 Å². The molecular weight excluding hydrogens is 313 g/mol. The number of halogens is 3. The lowest BCUT2D eigenvalue weighted by atomic mass is 10.1. The summed E-state index contributed by atoms with van der Waals surface area (Å²) in [6.45, 7) is 1.26. The van der Waals surface area contributed by atoms with Crippen LogP contribution < -0.4 is 0 Å². The highest BCUT2D eigenvalue weighted by molar-refractivity contribution is 8.00. The van der Waals surface area contributed by atoms with Gasteiger partial charge in [0, 0.05) is 6.07 Å². The van der Waals surface area contributed by atoms with E-state index in [-0.39, 0.29) is 6.61 Å². The van der Waals surface area contributed by atoms with Crippen molar-refractivity contribution in [3.8, 4) is 6.07 Å². The Bertz CT molecular complexity index is 625. The molecule has 0 aliphatic rings. The summed E-state index contributed by atoms with van der Waals surface area (Å²) in [6, 6.07) is 3.18. The Balaban J connectivity index is 3.61. The Morgan fingerprint density at radius 2 is 2.14 bits per heavy atom. The minimum Gasteiger partial charge on any atom is -0.462 e. The number of thioether (sulfide) groups is 1. The van der Waals surface area contributed by atoms with Crippen molar-refractivity contribution in [1.29, 1.82) is 5.26 Å². The number of nitrogens with zero attached hydrogens (tertiary/aromatic N) is 2. The highest BCUT2D eigenvalue weighted by Crippen LogP contribution is 2.44. The molecule has 0 amide bonds. The number of carbonyl (C=O) groups is 1. The molecule has 0 saturated carbocycles. The number of hydrogen-bond acceptors (Lipinski definition) is 6. The maximum Gasteiger partial charge on any atom is 0.446 e. The van der Waals surface area contributed by atoms with E-state index in [0.29, 0.717) is 0 Å². The molecule has 1 aromatic rings. The van der Waals surface area contributed by atoms with Crippen LogP contribution in [0.15, 0.2) is 17.0 Å². The zero-order valence-corrected chi connectivity index (χ0v) is 11.2. The Morgan fingerprint density at radius 1 is 1.52 bits per heavy atom. The van der Waals surface area contributed by atoms with Gasteiger partial charge in [0.05, 0.1) is 22.7 Å². The van der Waals surface area contributed by atoms with Gasteiger partial charge >= 0.3 is 11.5 Å². The van der Waals surface area contributed by atoms with Crippen LogP contribution in [0.4, 0.5) is 18.9 Å². The van der Waals surface area contributed by atoms with Crippen LogP contribution in [-0.4, -0.2) is 23.0 Å². The van der Waals surface area contributed by atoms with Crippen LogP contribution in [-0.2, 0) is 4.74 Å². The molecule has 0 heterocycles. The standard InChI is InChI=1S/C11H7F3N2O4S/c1-2-20-10(17)8-6(5-15)3-4-7(16(18)19)9(8)21-11(12,13)14/h3-4H,2H2,1H3. The first kappa shape index (κ1) is 16.8. The molecule has 0 radical (unpaired) electrons. The maximum absolute atomic E-state index is 12.6. The third-order valence-corrected chi connectivity index (χ3v) is 3.00. The second-order valence-electron chi connectivity index (χ2n) is 3.47. The zero-order valence-electron chi connectivity index (χ0n) is 10.4. The summed E-state index contributed by atoms with van der Waals surface area (Å²) in [7, 11) is 0. The van der Waals surface area contributed by atoms with Gasteiger partial charge in [-0.25, -0.2) is 4.79 Å². The van der Waals surface area contributed by atoms with E-state index in [4.69, 9.17) is 5.26 Å². The molecular formula is C11H7F3N2O4S. The Labute approximate surface area is 120 Å². The highest BCUT2D eigenvalue weighted by atomic mass is 32.2. The largest absolute Gasteiger partial charge is 0.462 e. The number of nitriles is 1. The average molecular weight is 320 g/mol. The van der Waals surface area contributed by atoms with Gasteiger partial charge in [-0.2, -0.15) is 18.4 Å². The number of hydrogen-bond donors (Lipinski definition) is 0. The van der Waals surface area contributed by atoms with Gasteiger partial charge in [0.15, 0.2) is 0 Å². The molecule has 10 heteroatoms. The predicted octanol–water partition coefficient (Wildman–Crippen LogP) is 3.26. The van der Waals surface area contributed by atoms with Gasteiger partial charge in [-0.3, -0.25) is 10.1 Å². The third-order valence-electron chi connectivity index (χ3n) is 2.15. The van der Waals surface area contributed by atoms with E-state index in [1.807, 2.05) is 0 Å².